The predicted octanol–water partition coefficient (Wildman–Crippen LogP) is 4.15. The highest BCUT2D eigenvalue weighted by atomic mass is 16.2. The number of ketones is 1. The largest absolute Gasteiger partial charge is 0.302 e. The van der Waals surface area contributed by atoms with E-state index >= 15 is 0 Å². The van der Waals surface area contributed by atoms with Gasteiger partial charge in [-0.15, -0.1) is 0 Å². The van der Waals surface area contributed by atoms with E-state index in [1.807, 2.05) is 44.2 Å². The zero-order valence-electron chi connectivity index (χ0n) is 17.0. The van der Waals surface area contributed by atoms with Gasteiger partial charge in [-0.1, -0.05) is 32.0 Å². The van der Waals surface area contributed by atoms with E-state index in [2.05, 4.69) is 9.97 Å². The first kappa shape index (κ1) is 19.9. The fraction of sp³-hybridized carbons (Fsp3) is 0.292. The molecule has 2 aromatic heterocycles. The topological polar surface area (TPSA) is 80.2 Å². The summed E-state index contributed by atoms with van der Waals surface area (Å²) in [5.74, 6) is -0.629. The standard InChI is InChI=1S/C24H23N3O3/c1-15(2)9-11-20(29)19(14-28)22-17-7-3-4-8-18(17)24(30)27(22)21-12-10-16-6-5-13-25-23(16)26-21/h3-8,10,12-15,19,22H,9,11H2,1-2H3. The number of carbonyl (C=O) groups excluding carboxylic acids is 3. The van der Waals surface area contributed by atoms with Gasteiger partial charge in [0.2, 0.25) is 0 Å². The van der Waals surface area contributed by atoms with Crippen molar-refractivity contribution in [1.29, 1.82) is 0 Å². The number of carbonyl (C=O) groups is 3. The molecular weight excluding hydrogens is 378 g/mol. The molecule has 0 spiro atoms. The molecule has 0 saturated carbocycles. The van der Waals surface area contributed by atoms with E-state index in [4.69, 9.17) is 0 Å². The number of fused-ring (bicyclic) bond motifs is 2. The maximum atomic E-state index is 13.3. The molecule has 2 unspecified atom stereocenters. The number of benzene rings is 1. The highest BCUT2D eigenvalue weighted by Crippen LogP contribution is 2.41. The van der Waals surface area contributed by atoms with Crippen LogP contribution in [0.4, 0.5) is 5.82 Å². The first-order valence-corrected chi connectivity index (χ1v) is 10.1. The van der Waals surface area contributed by atoms with Crippen LogP contribution in [0.3, 0.4) is 0 Å². The third-order valence-electron chi connectivity index (χ3n) is 5.53. The van der Waals surface area contributed by atoms with Crippen LogP contribution in [0.1, 0.15) is 48.7 Å². The van der Waals surface area contributed by atoms with Crippen molar-refractivity contribution in [3.05, 3.63) is 65.9 Å². The highest BCUT2D eigenvalue weighted by molar-refractivity contribution is 6.12. The summed E-state index contributed by atoms with van der Waals surface area (Å²) >= 11 is 0. The SMILES string of the molecule is CC(C)CCC(=O)C(C=O)C1c2ccccc2C(=O)N1c1ccc2cccnc2n1. The van der Waals surface area contributed by atoms with Crippen LogP contribution in [0.2, 0.25) is 0 Å². The Morgan fingerprint density at radius 2 is 1.93 bits per heavy atom. The zero-order chi connectivity index (χ0) is 21.3. The number of anilines is 1. The smallest absolute Gasteiger partial charge is 0.260 e. The molecular formula is C24H23N3O3. The molecule has 3 heterocycles. The molecule has 1 amide bonds. The van der Waals surface area contributed by atoms with E-state index in [1.165, 1.54) is 4.90 Å². The quantitative estimate of drug-likeness (QED) is 0.439. The Kier molecular flexibility index (Phi) is 5.40. The van der Waals surface area contributed by atoms with Crippen molar-refractivity contribution in [3.8, 4) is 0 Å². The molecule has 0 radical (unpaired) electrons. The lowest BCUT2D eigenvalue weighted by Crippen LogP contribution is -2.37. The molecule has 0 fully saturated rings. The van der Waals surface area contributed by atoms with Gasteiger partial charge in [0, 0.05) is 23.6 Å². The van der Waals surface area contributed by atoms with Gasteiger partial charge in [0.05, 0.1) is 12.0 Å². The zero-order valence-corrected chi connectivity index (χ0v) is 17.0. The number of hydrogen-bond acceptors (Lipinski definition) is 5. The minimum atomic E-state index is -0.947. The molecule has 1 aliphatic rings. The molecule has 0 N–H and O–H groups in total. The summed E-state index contributed by atoms with van der Waals surface area (Å²) in [4.78, 5) is 48.7. The van der Waals surface area contributed by atoms with Gasteiger partial charge in [0.25, 0.3) is 5.91 Å². The van der Waals surface area contributed by atoms with Crippen LogP contribution in [0, 0.1) is 11.8 Å². The molecule has 1 aliphatic heterocycles. The van der Waals surface area contributed by atoms with E-state index < -0.39 is 12.0 Å². The van der Waals surface area contributed by atoms with Gasteiger partial charge in [0.15, 0.2) is 5.65 Å². The number of aromatic nitrogens is 2. The normalized spacial score (nSPS) is 16.7. The number of aldehydes is 1. The average molecular weight is 401 g/mol. The van der Waals surface area contributed by atoms with Crippen molar-refractivity contribution in [1.82, 2.24) is 9.97 Å². The summed E-state index contributed by atoms with van der Waals surface area (Å²) in [5, 5.41) is 0.849. The second-order valence-corrected chi connectivity index (χ2v) is 7.99. The Hall–Kier alpha value is -3.41. The third-order valence-corrected chi connectivity index (χ3v) is 5.53. The van der Waals surface area contributed by atoms with Gasteiger partial charge < -0.3 is 4.79 Å². The van der Waals surface area contributed by atoms with Gasteiger partial charge in [0.1, 0.15) is 17.9 Å². The van der Waals surface area contributed by atoms with Gasteiger partial charge in [-0.05, 0) is 48.2 Å². The fourth-order valence-electron chi connectivity index (χ4n) is 3.95. The van der Waals surface area contributed by atoms with Gasteiger partial charge in [-0.3, -0.25) is 14.5 Å². The number of nitrogens with zero attached hydrogens (tertiary/aromatic N) is 3. The lowest BCUT2D eigenvalue weighted by Gasteiger charge is -2.28. The summed E-state index contributed by atoms with van der Waals surface area (Å²) in [6.45, 7) is 4.08. The summed E-state index contributed by atoms with van der Waals surface area (Å²) in [5.41, 5.74) is 1.68. The van der Waals surface area contributed by atoms with Crippen LogP contribution in [0.5, 0.6) is 0 Å². The van der Waals surface area contributed by atoms with Gasteiger partial charge in [-0.2, -0.15) is 0 Å². The van der Waals surface area contributed by atoms with Crippen LogP contribution >= 0.6 is 0 Å². The molecule has 1 aromatic carbocycles. The monoisotopic (exact) mass is 401 g/mol. The van der Waals surface area contributed by atoms with Gasteiger partial charge >= 0.3 is 0 Å². The molecule has 0 saturated heterocycles. The molecule has 6 heteroatoms. The van der Waals surface area contributed by atoms with E-state index in [0.29, 0.717) is 47.6 Å². The van der Waals surface area contributed by atoms with Crippen molar-refractivity contribution in [2.45, 2.75) is 32.7 Å². The van der Waals surface area contributed by atoms with Crippen molar-refractivity contribution in [3.63, 3.8) is 0 Å². The second kappa shape index (κ2) is 8.14. The molecule has 30 heavy (non-hydrogen) atoms. The second-order valence-electron chi connectivity index (χ2n) is 7.99. The maximum absolute atomic E-state index is 13.3. The molecule has 2 atom stereocenters. The minimum Gasteiger partial charge on any atom is -0.302 e. The van der Waals surface area contributed by atoms with E-state index in [9.17, 15) is 14.4 Å². The van der Waals surface area contributed by atoms with Crippen LogP contribution in [-0.2, 0) is 9.59 Å². The number of hydrogen-bond donors (Lipinski definition) is 0. The van der Waals surface area contributed by atoms with Crippen LogP contribution in [0.15, 0.2) is 54.7 Å². The first-order chi connectivity index (χ1) is 14.5. The van der Waals surface area contributed by atoms with Crippen LogP contribution in [-0.4, -0.2) is 27.9 Å². The summed E-state index contributed by atoms with van der Waals surface area (Å²) in [6, 6.07) is 13.7. The Balaban J connectivity index is 1.80. The Morgan fingerprint density at radius 1 is 1.13 bits per heavy atom. The van der Waals surface area contributed by atoms with Crippen molar-refractivity contribution >= 4 is 34.8 Å². The minimum absolute atomic E-state index is 0.155. The summed E-state index contributed by atoms with van der Waals surface area (Å²) in [7, 11) is 0. The predicted molar refractivity (Wildman–Crippen MR) is 114 cm³/mol. The van der Waals surface area contributed by atoms with E-state index in [1.54, 1.807) is 24.4 Å². The maximum Gasteiger partial charge on any atom is 0.260 e. The molecule has 152 valence electrons. The summed E-state index contributed by atoms with van der Waals surface area (Å²) in [6.07, 6.45) is 3.31. The third kappa shape index (κ3) is 3.49. The Labute approximate surface area is 174 Å². The Morgan fingerprint density at radius 3 is 2.70 bits per heavy atom. The lowest BCUT2D eigenvalue weighted by molar-refractivity contribution is -0.128. The lowest BCUT2D eigenvalue weighted by atomic mass is 9.87. The van der Waals surface area contributed by atoms with Crippen molar-refractivity contribution in [2.75, 3.05) is 4.90 Å². The van der Waals surface area contributed by atoms with E-state index in [0.717, 1.165) is 5.39 Å². The highest BCUT2D eigenvalue weighted by Gasteiger charge is 2.44. The molecule has 6 nitrogen and oxygen atoms in total. The Bertz CT molecular complexity index is 1130. The van der Waals surface area contributed by atoms with Crippen LogP contribution < -0.4 is 4.90 Å². The van der Waals surface area contributed by atoms with Crippen molar-refractivity contribution in [2.24, 2.45) is 11.8 Å². The molecule has 0 aliphatic carbocycles. The molecule has 4 rings (SSSR count). The van der Waals surface area contributed by atoms with Crippen LogP contribution in [0.25, 0.3) is 11.0 Å². The number of amides is 1. The number of rotatable bonds is 7. The summed E-state index contributed by atoms with van der Waals surface area (Å²) < 4.78 is 0. The number of pyridine rings is 2. The molecule has 3 aromatic rings. The first-order valence-electron chi connectivity index (χ1n) is 10.1. The fourth-order valence-corrected chi connectivity index (χ4v) is 3.95. The van der Waals surface area contributed by atoms with Crippen molar-refractivity contribution < 1.29 is 14.4 Å². The molecule has 0 bridgehead atoms. The van der Waals surface area contributed by atoms with E-state index in [-0.39, 0.29) is 11.7 Å². The average Bonchev–Trinajstić information content (AvgIpc) is 3.05. The number of Topliss-reactive ketones (excluding diaryl/α,β-unsaturated/α-hetero) is 1. The van der Waals surface area contributed by atoms with Gasteiger partial charge in [-0.25, -0.2) is 9.97 Å².